The van der Waals surface area contributed by atoms with E-state index < -0.39 is 0 Å². The van der Waals surface area contributed by atoms with E-state index in [0.717, 1.165) is 5.52 Å². The maximum absolute atomic E-state index is 6.29. The first kappa shape index (κ1) is 9.79. The monoisotopic (exact) mass is 212 g/mol. The molecule has 0 amide bonds. The molecule has 0 saturated heterocycles. The Kier molecular flexibility index (Phi) is 2.01. The summed E-state index contributed by atoms with van der Waals surface area (Å²) in [6.45, 7) is 2.26. The topological polar surface area (TPSA) is 38.9 Å². The number of pyridine rings is 1. The third-order valence-corrected chi connectivity index (χ3v) is 3.76. The van der Waals surface area contributed by atoms with Crippen LogP contribution in [0.15, 0.2) is 36.5 Å². The average molecular weight is 212 g/mol. The predicted molar refractivity (Wildman–Crippen MR) is 66.0 cm³/mol. The van der Waals surface area contributed by atoms with Gasteiger partial charge in [0.15, 0.2) is 0 Å². The van der Waals surface area contributed by atoms with E-state index >= 15 is 0 Å². The number of nitrogens with two attached hydrogens (primary N) is 1. The van der Waals surface area contributed by atoms with Crippen LogP contribution in [-0.4, -0.2) is 4.98 Å². The van der Waals surface area contributed by atoms with Crippen LogP contribution in [0.2, 0.25) is 0 Å². The van der Waals surface area contributed by atoms with Crippen LogP contribution in [0.3, 0.4) is 0 Å². The van der Waals surface area contributed by atoms with Crippen molar-refractivity contribution in [2.45, 2.75) is 25.8 Å². The molecule has 3 rings (SSSR count). The minimum Gasteiger partial charge on any atom is -0.323 e. The standard InChI is InChI=1S/C14H16N2/c1-14(6-7-14)13(15)11-8-10-4-2-3-5-12(10)16-9-11/h2-5,8-9,13H,6-7,15H2,1H3. The molecule has 1 fully saturated rings. The van der Waals surface area contributed by atoms with Crippen molar-refractivity contribution in [2.24, 2.45) is 11.1 Å². The molecular formula is C14H16N2. The molecule has 2 N–H and O–H groups in total. The van der Waals surface area contributed by atoms with Crippen LogP contribution in [0.25, 0.3) is 10.9 Å². The van der Waals surface area contributed by atoms with Crippen molar-refractivity contribution in [2.75, 3.05) is 0 Å². The summed E-state index contributed by atoms with van der Waals surface area (Å²) in [5.41, 5.74) is 8.80. The van der Waals surface area contributed by atoms with Gasteiger partial charge in [-0.3, -0.25) is 4.98 Å². The summed E-state index contributed by atoms with van der Waals surface area (Å²) in [6, 6.07) is 10.5. The van der Waals surface area contributed by atoms with Gasteiger partial charge in [0.05, 0.1) is 5.52 Å². The summed E-state index contributed by atoms with van der Waals surface area (Å²) >= 11 is 0. The Morgan fingerprint density at radius 1 is 1.31 bits per heavy atom. The predicted octanol–water partition coefficient (Wildman–Crippen LogP) is 3.03. The quantitative estimate of drug-likeness (QED) is 0.831. The number of para-hydroxylation sites is 1. The molecule has 1 aromatic heterocycles. The van der Waals surface area contributed by atoms with Gasteiger partial charge in [-0.2, -0.15) is 0 Å². The molecule has 0 radical (unpaired) electrons. The van der Waals surface area contributed by atoms with E-state index in [2.05, 4.69) is 24.0 Å². The number of nitrogens with zero attached hydrogens (tertiary/aromatic N) is 1. The summed E-state index contributed by atoms with van der Waals surface area (Å²) in [5, 5.41) is 1.18. The summed E-state index contributed by atoms with van der Waals surface area (Å²) < 4.78 is 0. The number of aromatic nitrogens is 1. The summed E-state index contributed by atoms with van der Waals surface area (Å²) in [6.07, 6.45) is 4.40. The Labute approximate surface area is 95.5 Å². The van der Waals surface area contributed by atoms with Gasteiger partial charge in [0.2, 0.25) is 0 Å². The van der Waals surface area contributed by atoms with Crippen LogP contribution in [0.4, 0.5) is 0 Å². The van der Waals surface area contributed by atoms with E-state index in [-0.39, 0.29) is 6.04 Å². The van der Waals surface area contributed by atoms with Crippen LogP contribution in [-0.2, 0) is 0 Å². The van der Waals surface area contributed by atoms with Gasteiger partial charge < -0.3 is 5.73 Å². The highest BCUT2D eigenvalue weighted by atomic mass is 14.8. The third-order valence-electron chi connectivity index (χ3n) is 3.76. The fourth-order valence-corrected chi connectivity index (χ4v) is 2.17. The molecule has 1 aromatic carbocycles. The van der Waals surface area contributed by atoms with Crippen LogP contribution >= 0.6 is 0 Å². The molecule has 2 aromatic rings. The van der Waals surface area contributed by atoms with Crippen molar-refractivity contribution in [3.8, 4) is 0 Å². The molecule has 82 valence electrons. The zero-order valence-corrected chi connectivity index (χ0v) is 9.48. The molecule has 1 aliphatic rings. The lowest BCUT2D eigenvalue weighted by Gasteiger charge is -2.19. The van der Waals surface area contributed by atoms with Gasteiger partial charge in [0.25, 0.3) is 0 Å². The molecule has 1 unspecified atom stereocenters. The Balaban J connectivity index is 2.05. The Morgan fingerprint density at radius 3 is 2.81 bits per heavy atom. The molecule has 16 heavy (non-hydrogen) atoms. The lowest BCUT2D eigenvalue weighted by molar-refractivity contribution is 0.450. The first-order valence-electron chi connectivity index (χ1n) is 5.79. The first-order chi connectivity index (χ1) is 7.69. The fourth-order valence-electron chi connectivity index (χ4n) is 2.17. The SMILES string of the molecule is CC1(C(N)c2cnc3ccccc3c2)CC1. The molecule has 1 saturated carbocycles. The Bertz CT molecular complexity index is 529. The van der Waals surface area contributed by atoms with E-state index in [1.807, 2.05) is 24.4 Å². The zero-order chi connectivity index (χ0) is 11.2. The van der Waals surface area contributed by atoms with E-state index in [4.69, 9.17) is 5.73 Å². The molecule has 1 heterocycles. The van der Waals surface area contributed by atoms with Gasteiger partial charge in [-0.05, 0) is 36.0 Å². The second kappa shape index (κ2) is 3.29. The number of rotatable bonds is 2. The largest absolute Gasteiger partial charge is 0.323 e. The maximum Gasteiger partial charge on any atom is 0.0702 e. The van der Waals surface area contributed by atoms with E-state index in [1.165, 1.54) is 23.8 Å². The number of hydrogen-bond acceptors (Lipinski definition) is 2. The van der Waals surface area contributed by atoms with Gasteiger partial charge >= 0.3 is 0 Å². The lowest BCUT2D eigenvalue weighted by atomic mass is 9.93. The Morgan fingerprint density at radius 2 is 2.06 bits per heavy atom. The molecular weight excluding hydrogens is 196 g/mol. The van der Waals surface area contributed by atoms with Gasteiger partial charge in [-0.1, -0.05) is 25.1 Å². The lowest BCUT2D eigenvalue weighted by Crippen LogP contribution is -2.20. The first-order valence-corrected chi connectivity index (χ1v) is 5.79. The average Bonchev–Trinajstić information content (AvgIpc) is 3.07. The van der Waals surface area contributed by atoms with Crippen LogP contribution in [0.5, 0.6) is 0 Å². The highest BCUT2D eigenvalue weighted by Gasteiger charge is 2.43. The van der Waals surface area contributed by atoms with Crippen molar-refractivity contribution >= 4 is 10.9 Å². The maximum atomic E-state index is 6.29. The van der Waals surface area contributed by atoms with Crippen LogP contribution in [0.1, 0.15) is 31.4 Å². The van der Waals surface area contributed by atoms with Crippen molar-refractivity contribution in [1.29, 1.82) is 0 Å². The Hall–Kier alpha value is -1.41. The van der Waals surface area contributed by atoms with Gasteiger partial charge in [0, 0.05) is 17.6 Å². The van der Waals surface area contributed by atoms with E-state index in [0.29, 0.717) is 5.41 Å². The summed E-state index contributed by atoms with van der Waals surface area (Å²) in [5.74, 6) is 0. The van der Waals surface area contributed by atoms with E-state index in [9.17, 15) is 0 Å². The molecule has 2 nitrogen and oxygen atoms in total. The van der Waals surface area contributed by atoms with Crippen LogP contribution < -0.4 is 5.73 Å². The van der Waals surface area contributed by atoms with Crippen molar-refractivity contribution in [1.82, 2.24) is 4.98 Å². The third kappa shape index (κ3) is 1.50. The molecule has 0 bridgehead atoms. The molecule has 2 heteroatoms. The number of benzene rings is 1. The van der Waals surface area contributed by atoms with E-state index in [1.54, 1.807) is 0 Å². The van der Waals surface area contributed by atoms with Crippen molar-refractivity contribution in [3.63, 3.8) is 0 Å². The van der Waals surface area contributed by atoms with Crippen molar-refractivity contribution < 1.29 is 0 Å². The fraction of sp³-hybridized carbons (Fsp3) is 0.357. The second-order valence-corrected chi connectivity index (χ2v) is 5.09. The minimum atomic E-state index is 0.129. The zero-order valence-electron chi connectivity index (χ0n) is 9.48. The molecule has 0 spiro atoms. The van der Waals surface area contributed by atoms with Gasteiger partial charge in [-0.15, -0.1) is 0 Å². The molecule has 1 atom stereocenters. The number of hydrogen-bond donors (Lipinski definition) is 1. The molecule has 1 aliphatic carbocycles. The summed E-state index contributed by atoms with van der Waals surface area (Å²) in [4.78, 5) is 4.46. The highest BCUT2D eigenvalue weighted by Crippen LogP contribution is 2.53. The normalized spacial score (nSPS) is 19.6. The van der Waals surface area contributed by atoms with Gasteiger partial charge in [0.1, 0.15) is 0 Å². The summed E-state index contributed by atoms with van der Waals surface area (Å²) in [7, 11) is 0. The van der Waals surface area contributed by atoms with Gasteiger partial charge in [-0.25, -0.2) is 0 Å². The molecule has 0 aliphatic heterocycles. The smallest absolute Gasteiger partial charge is 0.0702 e. The highest BCUT2D eigenvalue weighted by molar-refractivity contribution is 5.78. The van der Waals surface area contributed by atoms with Crippen molar-refractivity contribution in [3.05, 3.63) is 42.1 Å². The van der Waals surface area contributed by atoms with Crippen LogP contribution in [0, 0.1) is 5.41 Å². The minimum absolute atomic E-state index is 0.129. The second-order valence-electron chi connectivity index (χ2n) is 5.09. The number of fused-ring (bicyclic) bond motifs is 1.